The van der Waals surface area contributed by atoms with Gasteiger partial charge >= 0.3 is 0 Å². The van der Waals surface area contributed by atoms with E-state index < -0.39 is 0 Å². The Morgan fingerprint density at radius 3 is 3.06 bits per heavy atom. The monoisotopic (exact) mass is 236 g/mol. The summed E-state index contributed by atoms with van der Waals surface area (Å²) in [7, 11) is 0. The minimum atomic E-state index is 0.464. The first-order valence-corrected chi connectivity index (χ1v) is 6.72. The molecule has 1 atom stereocenters. The zero-order valence-corrected chi connectivity index (χ0v) is 11.2. The molecule has 0 spiro atoms. The van der Waals surface area contributed by atoms with E-state index >= 15 is 0 Å². The average molecular weight is 236 g/mol. The third kappa shape index (κ3) is 3.00. The highest BCUT2D eigenvalue weighted by Gasteiger charge is 2.20. The standard InChI is InChI=1S/C13H24N4/c1-4-16-8-5-6-12(10-16)15-13-14-7-9-17(13)11(2)3/h7,9,11-12H,4-6,8,10H2,1-3H3,(H,14,15). The molecule has 17 heavy (non-hydrogen) atoms. The Balaban J connectivity index is 1.98. The number of piperidine rings is 1. The summed E-state index contributed by atoms with van der Waals surface area (Å²) in [4.78, 5) is 6.92. The highest BCUT2D eigenvalue weighted by atomic mass is 15.2. The van der Waals surface area contributed by atoms with Crippen molar-refractivity contribution < 1.29 is 0 Å². The lowest BCUT2D eigenvalue weighted by Crippen LogP contribution is -2.42. The molecular weight excluding hydrogens is 212 g/mol. The van der Waals surface area contributed by atoms with Crippen molar-refractivity contribution in [2.45, 2.75) is 45.7 Å². The Bertz CT molecular complexity index is 345. The zero-order valence-electron chi connectivity index (χ0n) is 11.2. The van der Waals surface area contributed by atoms with Crippen LogP contribution in [-0.2, 0) is 0 Å². The van der Waals surface area contributed by atoms with E-state index in [0.29, 0.717) is 12.1 Å². The fourth-order valence-corrected chi connectivity index (χ4v) is 2.48. The van der Waals surface area contributed by atoms with Crippen LogP contribution in [0.2, 0.25) is 0 Å². The largest absolute Gasteiger partial charge is 0.352 e. The van der Waals surface area contributed by atoms with Crippen LogP contribution in [0.1, 0.15) is 39.7 Å². The second kappa shape index (κ2) is 5.54. The molecule has 4 nitrogen and oxygen atoms in total. The first-order valence-electron chi connectivity index (χ1n) is 6.72. The smallest absolute Gasteiger partial charge is 0.203 e. The second-order valence-electron chi connectivity index (χ2n) is 5.13. The van der Waals surface area contributed by atoms with Crippen molar-refractivity contribution in [3.05, 3.63) is 12.4 Å². The summed E-state index contributed by atoms with van der Waals surface area (Å²) >= 11 is 0. The summed E-state index contributed by atoms with van der Waals surface area (Å²) < 4.78 is 2.20. The maximum absolute atomic E-state index is 4.42. The maximum Gasteiger partial charge on any atom is 0.203 e. The summed E-state index contributed by atoms with van der Waals surface area (Å²) in [5.74, 6) is 1.02. The Kier molecular flexibility index (Phi) is 4.05. The lowest BCUT2D eigenvalue weighted by Gasteiger charge is -2.32. The molecule has 0 saturated carbocycles. The number of imidazole rings is 1. The number of rotatable bonds is 4. The highest BCUT2D eigenvalue weighted by molar-refractivity contribution is 5.28. The van der Waals surface area contributed by atoms with Gasteiger partial charge in [-0.05, 0) is 39.8 Å². The normalized spacial score (nSPS) is 22.0. The molecule has 0 aliphatic carbocycles. The Hall–Kier alpha value is -1.03. The summed E-state index contributed by atoms with van der Waals surface area (Å²) in [5, 5.41) is 3.59. The van der Waals surface area contributed by atoms with Crippen LogP contribution in [0.3, 0.4) is 0 Å². The fraction of sp³-hybridized carbons (Fsp3) is 0.769. The number of likely N-dealkylation sites (N-methyl/N-ethyl adjacent to an activating group) is 1. The van der Waals surface area contributed by atoms with Crippen LogP contribution >= 0.6 is 0 Å². The van der Waals surface area contributed by atoms with Crippen LogP contribution < -0.4 is 5.32 Å². The van der Waals surface area contributed by atoms with E-state index in [9.17, 15) is 0 Å². The van der Waals surface area contributed by atoms with Crippen LogP contribution in [0, 0.1) is 0 Å². The summed E-state index contributed by atoms with van der Waals surface area (Å²) in [6.45, 7) is 10.1. The molecule has 1 saturated heterocycles. The lowest BCUT2D eigenvalue weighted by atomic mass is 10.1. The Morgan fingerprint density at radius 2 is 2.35 bits per heavy atom. The van der Waals surface area contributed by atoms with Gasteiger partial charge in [0.25, 0.3) is 0 Å². The SMILES string of the molecule is CCN1CCCC(Nc2nccn2C(C)C)C1. The van der Waals surface area contributed by atoms with Gasteiger partial charge in [-0.2, -0.15) is 0 Å². The Labute approximate surface area is 104 Å². The number of anilines is 1. The van der Waals surface area contributed by atoms with Gasteiger partial charge in [0, 0.05) is 31.0 Å². The van der Waals surface area contributed by atoms with Gasteiger partial charge in [0.15, 0.2) is 0 Å². The van der Waals surface area contributed by atoms with Gasteiger partial charge in [0.2, 0.25) is 5.95 Å². The second-order valence-corrected chi connectivity index (χ2v) is 5.13. The van der Waals surface area contributed by atoms with E-state index in [4.69, 9.17) is 0 Å². The third-order valence-corrected chi connectivity index (χ3v) is 3.51. The molecule has 0 bridgehead atoms. The summed E-state index contributed by atoms with van der Waals surface area (Å²) in [6, 6.07) is 1.01. The molecular formula is C13H24N4. The van der Waals surface area contributed by atoms with E-state index in [-0.39, 0.29) is 0 Å². The van der Waals surface area contributed by atoms with Crippen molar-refractivity contribution in [2.24, 2.45) is 0 Å². The van der Waals surface area contributed by atoms with Gasteiger partial charge in [-0.25, -0.2) is 4.98 Å². The van der Waals surface area contributed by atoms with Gasteiger partial charge in [0.05, 0.1) is 0 Å². The number of hydrogen-bond donors (Lipinski definition) is 1. The van der Waals surface area contributed by atoms with Crippen LogP contribution in [0.15, 0.2) is 12.4 Å². The lowest BCUT2D eigenvalue weighted by molar-refractivity contribution is 0.226. The van der Waals surface area contributed by atoms with Gasteiger partial charge < -0.3 is 14.8 Å². The molecule has 1 aromatic rings. The van der Waals surface area contributed by atoms with E-state index in [1.807, 2.05) is 12.4 Å². The van der Waals surface area contributed by atoms with Crippen LogP contribution in [-0.4, -0.2) is 40.1 Å². The summed E-state index contributed by atoms with van der Waals surface area (Å²) in [5.41, 5.74) is 0. The predicted molar refractivity (Wildman–Crippen MR) is 71.4 cm³/mol. The molecule has 1 aliphatic heterocycles. The third-order valence-electron chi connectivity index (χ3n) is 3.51. The van der Waals surface area contributed by atoms with Crippen molar-refractivity contribution in [3.63, 3.8) is 0 Å². The van der Waals surface area contributed by atoms with Crippen molar-refractivity contribution in [2.75, 3.05) is 25.0 Å². The highest BCUT2D eigenvalue weighted by Crippen LogP contribution is 2.17. The molecule has 1 N–H and O–H groups in total. The molecule has 1 aliphatic rings. The van der Waals surface area contributed by atoms with E-state index in [2.05, 4.69) is 40.5 Å². The number of nitrogens with zero attached hydrogens (tertiary/aromatic N) is 3. The molecule has 0 radical (unpaired) electrons. The fourth-order valence-electron chi connectivity index (χ4n) is 2.48. The quantitative estimate of drug-likeness (QED) is 0.871. The summed E-state index contributed by atoms with van der Waals surface area (Å²) in [6.07, 6.45) is 6.46. The van der Waals surface area contributed by atoms with Crippen molar-refractivity contribution >= 4 is 5.95 Å². The molecule has 1 unspecified atom stereocenters. The average Bonchev–Trinajstić information content (AvgIpc) is 2.77. The van der Waals surface area contributed by atoms with Gasteiger partial charge in [-0.3, -0.25) is 0 Å². The van der Waals surface area contributed by atoms with E-state index in [0.717, 1.165) is 19.0 Å². The number of likely N-dealkylation sites (tertiary alicyclic amines) is 1. The van der Waals surface area contributed by atoms with Crippen molar-refractivity contribution in [1.29, 1.82) is 0 Å². The molecule has 96 valence electrons. The molecule has 2 heterocycles. The number of nitrogens with one attached hydrogen (secondary N) is 1. The van der Waals surface area contributed by atoms with Crippen molar-refractivity contribution in [1.82, 2.24) is 14.5 Å². The van der Waals surface area contributed by atoms with Crippen LogP contribution in [0.25, 0.3) is 0 Å². The molecule has 1 aromatic heterocycles. The molecule has 4 heteroatoms. The first-order chi connectivity index (χ1) is 8.20. The maximum atomic E-state index is 4.42. The Morgan fingerprint density at radius 1 is 1.53 bits per heavy atom. The van der Waals surface area contributed by atoms with Crippen LogP contribution in [0.4, 0.5) is 5.95 Å². The first kappa shape index (κ1) is 12.4. The number of aromatic nitrogens is 2. The zero-order chi connectivity index (χ0) is 12.3. The number of hydrogen-bond acceptors (Lipinski definition) is 3. The van der Waals surface area contributed by atoms with Gasteiger partial charge in [0.1, 0.15) is 0 Å². The predicted octanol–water partition coefficient (Wildman–Crippen LogP) is 2.36. The molecule has 2 rings (SSSR count). The van der Waals surface area contributed by atoms with Gasteiger partial charge in [-0.15, -0.1) is 0 Å². The van der Waals surface area contributed by atoms with E-state index in [1.54, 1.807) is 0 Å². The molecule has 0 amide bonds. The minimum absolute atomic E-state index is 0.464. The van der Waals surface area contributed by atoms with Gasteiger partial charge in [-0.1, -0.05) is 6.92 Å². The topological polar surface area (TPSA) is 33.1 Å². The van der Waals surface area contributed by atoms with Crippen LogP contribution in [0.5, 0.6) is 0 Å². The van der Waals surface area contributed by atoms with Crippen molar-refractivity contribution in [3.8, 4) is 0 Å². The van der Waals surface area contributed by atoms with E-state index in [1.165, 1.54) is 19.4 Å². The minimum Gasteiger partial charge on any atom is -0.352 e. The molecule has 1 fully saturated rings. The molecule has 0 aromatic carbocycles.